The summed E-state index contributed by atoms with van der Waals surface area (Å²) in [5.74, 6) is -0.554. The van der Waals surface area contributed by atoms with E-state index in [1.165, 1.54) is 18.2 Å². The Labute approximate surface area is 180 Å². The summed E-state index contributed by atoms with van der Waals surface area (Å²) in [6.45, 7) is -0.353. The maximum absolute atomic E-state index is 12.4. The number of hydrogen-bond acceptors (Lipinski definition) is 5. The molecule has 0 fully saturated rings. The van der Waals surface area contributed by atoms with Crippen molar-refractivity contribution in [1.29, 1.82) is 0 Å². The number of nitrogens with one attached hydrogen (secondary N) is 1. The molecular formula is C22H15ClN4O4. The number of carbonyl (C=O) groups excluding carboxylic acids is 1. The Balaban J connectivity index is 1.61. The summed E-state index contributed by atoms with van der Waals surface area (Å²) in [5, 5.41) is 19.9. The number of amides is 1. The van der Waals surface area contributed by atoms with E-state index < -0.39 is 16.4 Å². The number of fused-ring (bicyclic) bond motifs is 1. The third-order valence-electron chi connectivity index (χ3n) is 4.65. The van der Waals surface area contributed by atoms with Gasteiger partial charge in [-0.2, -0.15) is 5.10 Å². The molecule has 1 heterocycles. The van der Waals surface area contributed by atoms with Crippen molar-refractivity contribution >= 4 is 39.7 Å². The second-order valence-corrected chi connectivity index (χ2v) is 7.12. The van der Waals surface area contributed by atoms with Crippen LogP contribution in [0.5, 0.6) is 0 Å². The van der Waals surface area contributed by atoms with Crippen LogP contribution in [0.2, 0.25) is 5.02 Å². The Morgan fingerprint density at radius 2 is 1.84 bits per heavy atom. The number of carbonyl (C=O) groups is 1. The first-order valence-electron chi connectivity index (χ1n) is 9.22. The van der Waals surface area contributed by atoms with Gasteiger partial charge in [-0.25, -0.2) is 4.68 Å². The molecule has 0 radical (unpaired) electrons. The number of hydrogen-bond donors (Lipinski definition) is 1. The van der Waals surface area contributed by atoms with Crippen molar-refractivity contribution in [3.63, 3.8) is 0 Å². The molecule has 0 saturated carbocycles. The highest BCUT2D eigenvalue weighted by atomic mass is 35.5. The summed E-state index contributed by atoms with van der Waals surface area (Å²) in [7, 11) is 0. The van der Waals surface area contributed by atoms with Gasteiger partial charge < -0.3 is 5.32 Å². The zero-order valence-corrected chi connectivity index (χ0v) is 16.7. The minimum absolute atomic E-state index is 0.0383. The lowest BCUT2D eigenvalue weighted by atomic mass is 10.0. The normalized spacial score (nSPS) is 10.7. The van der Waals surface area contributed by atoms with Crippen LogP contribution in [0, 0.1) is 10.1 Å². The molecule has 0 saturated heterocycles. The number of nitro benzene ring substituents is 1. The number of aromatic nitrogens is 2. The van der Waals surface area contributed by atoms with Gasteiger partial charge in [0.1, 0.15) is 11.6 Å². The molecule has 0 unspecified atom stereocenters. The Morgan fingerprint density at radius 1 is 1.06 bits per heavy atom. The van der Waals surface area contributed by atoms with Crippen molar-refractivity contribution in [2.75, 3.05) is 5.32 Å². The molecule has 0 atom stereocenters. The summed E-state index contributed by atoms with van der Waals surface area (Å²) in [4.78, 5) is 35.1. The maximum atomic E-state index is 12.4. The summed E-state index contributed by atoms with van der Waals surface area (Å²) in [6.07, 6.45) is 0. The second kappa shape index (κ2) is 8.37. The van der Waals surface area contributed by atoms with Crippen molar-refractivity contribution in [3.8, 4) is 11.3 Å². The topological polar surface area (TPSA) is 107 Å². The molecule has 0 aliphatic carbocycles. The minimum Gasteiger partial charge on any atom is -0.324 e. The first kappa shape index (κ1) is 20.2. The molecule has 1 aromatic heterocycles. The van der Waals surface area contributed by atoms with Crippen molar-refractivity contribution in [2.24, 2.45) is 0 Å². The van der Waals surface area contributed by atoms with E-state index in [0.717, 1.165) is 27.1 Å². The summed E-state index contributed by atoms with van der Waals surface area (Å²) < 4.78 is 1.05. The molecular weight excluding hydrogens is 420 g/mol. The molecule has 4 rings (SSSR count). The number of nitro groups is 1. The number of rotatable bonds is 5. The summed E-state index contributed by atoms with van der Waals surface area (Å²) >= 11 is 5.79. The van der Waals surface area contributed by atoms with Crippen LogP contribution in [0.3, 0.4) is 0 Å². The fraction of sp³-hybridized carbons (Fsp3) is 0.0455. The third-order valence-corrected chi connectivity index (χ3v) is 4.97. The lowest BCUT2D eigenvalue weighted by Crippen LogP contribution is -2.29. The van der Waals surface area contributed by atoms with Gasteiger partial charge in [0.2, 0.25) is 5.91 Å². The molecule has 0 bridgehead atoms. The number of anilines is 1. The van der Waals surface area contributed by atoms with Gasteiger partial charge in [0.25, 0.3) is 11.2 Å². The lowest BCUT2D eigenvalue weighted by Gasteiger charge is -2.10. The van der Waals surface area contributed by atoms with Crippen LogP contribution in [-0.4, -0.2) is 20.6 Å². The van der Waals surface area contributed by atoms with Crippen LogP contribution in [0.25, 0.3) is 22.0 Å². The Bertz CT molecular complexity index is 1380. The molecule has 4 aromatic rings. The zero-order chi connectivity index (χ0) is 22.0. The minimum atomic E-state index is -0.641. The fourth-order valence-electron chi connectivity index (χ4n) is 3.22. The van der Waals surface area contributed by atoms with Gasteiger partial charge in [0.05, 0.1) is 10.6 Å². The molecule has 0 aliphatic rings. The van der Waals surface area contributed by atoms with Crippen molar-refractivity contribution in [3.05, 3.63) is 98.3 Å². The third kappa shape index (κ3) is 4.29. The molecule has 0 spiro atoms. The standard InChI is InChI=1S/C22H15ClN4O4/c23-18-9-8-15(12-20(18)27(30)31)24-21(28)13-26-22(29)11-10-19(25-26)17-7-3-5-14-4-1-2-6-16(14)17/h1-12H,13H2,(H,24,28). The van der Waals surface area contributed by atoms with E-state index in [9.17, 15) is 19.7 Å². The number of halogens is 1. The second-order valence-electron chi connectivity index (χ2n) is 6.71. The SMILES string of the molecule is O=C(Cn1nc(-c2cccc3ccccc23)ccc1=O)Nc1ccc(Cl)c([N+](=O)[O-])c1. The Kier molecular flexibility index (Phi) is 5.46. The number of nitrogens with zero attached hydrogens (tertiary/aromatic N) is 3. The molecule has 1 amide bonds. The summed E-state index contributed by atoms with van der Waals surface area (Å²) in [5.41, 5.74) is 0.806. The van der Waals surface area contributed by atoms with Gasteiger partial charge in [0.15, 0.2) is 0 Å². The van der Waals surface area contributed by atoms with Gasteiger partial charge >= 0.3 is 0 Å². The van der Waals surface area contributed by atoms with E-state index in [0.29, 0.717) is 5.69 Å². The van der Waals surface area contributed by atoms with E-state index in [2.05, 4.69) is 10.4 Å². The zero-order valence-electron chi connectivity index (χ0n) is 16.0. The molecule has 8 nitrogen and oxygen atoms in total. The molecule has 0 aliphatic heterocycles. The van der Waals surface area contributed by atoms with Crippen LogP contribution in [0.1, 0.15) is 0 Å². The van der Waals surface area contributed by atoms with Gasteiger partial charge in [-0.1, -0.05) is 54.1 Å². The van der Waals surface area contributed by atoms with Crippen molar-refractivity contribution < 1.29 is 9.72 Å². The largest absolute Gasteiger partial charge is 0.324 e. The first-order chi connectivity index (χ1) is 14.9. The molecule has 9 heteroatoms. The van der Waals surface area contributed by atoms with Crippen LogP contribution in [0.15, 0.2) is 77.6 Å². The van der Waals surface area contributed by atoms with E-state index in [1.807, 2.05) is 42.5 Å². The van der Waals surface area contributed by atoms with E-state index in [-0.39, 0.29) is 22.9 Å². The molecule has 3 aromatic carbocycles. The Hall–Kier alpha value is -4.04. The fourth-order valence-corrected chi connectivity index (χ4v) is 3.41. The Morgan fingerprint density at radius 3 is 2.65 bits per heavy atom. The van der Waals surface area contributed by atoms with E-state index in [1.54, 1.807) is 6.07 Å². The maximum Gasteiger partial charge on any atom is 0.289 e. The average molecular weight is 435 g/mol. The quantitative estimate of drug-likeness (QED) is 0.373. The highest BCUT2D eigenvalue weighted by molar-refractivity contribution is 6.32. The predicted octanol–water partition coefficient (Wildman–Crippen LogP) is 4.26. The molecule has 31 heavy (non-hydrogen) atoms. The molecule has 154 valence electrons. The van der Waals surface area contributed by atoms with Crippen LogP contribution in [0.4, 0.5) is 11.4 Å². The lowest BCUT2D eigenvalue weighted by molar-refractivity contribution is -0.384. The van der Waals surface area contributed by atoms with Gasteiger partial charge in [-0.3, -0.25) is 19.7 Å². The monoisotopic (exact) mass is 434 g/mol. The smallest absolute Gasteiger partial charge is 0.289 e. The van der Waals surface area contributed by atoms with Gasteiger partial charge in [-0.05, 0) is 29.0 Å². The van der Waals surface area contributed by atoms with Gasteiger partial charge in [-0.15, -0.1) is 0 Å². The van der Waals surface area contributed by atoms with E-state index >= 15 is 0 Å². The highest BCUT2D eigenvalue weighted by Crippen LogP contribution is 2.28. The van der Waals surface area contributed by atoms with Crippen LogP contribution >= 0.6 is 11.6 Å². The van der Waals surface area contributed by atoms with Crippen LogP contribution in [-0.2, 0) is 11.3 Å². The average Bonchev–Trinajstić information content (AvgIpc) is 2.76. The van der Waals surface area contributed by atoms with E-state index in [4.69, 9.17) is 11.6 Å². The van der Waals surface area contributed by atoms with Crippen molar-refractivity contribution in [2.45, 2.75) is 6.54 Å². The number of benzene rings is 3. The molecule has 1 N–H and O–H groups in total. The van der Waals surface area contributed by atoms with Crippen LogP contribution < -0.4 is 10.9 Å². The highest BCUT2D eigenvalue weighted by Gasteiger charge is 2.15. The summed E-state index contributed by atoms with van der Waals surface area (Å²) in [6, 6.07) is 20.4. The van der Waals surface area contributed by atoms with Gasteiger partial charge in [0, 0.05) is 23.4 Å². The van der Waals surface area contributed by atoms with Crippen molar-refractivity contribution in [1.82, 2.24) is 9.78 Å². The first-order valence-corrected chi connectivity index (χ1v) is 9.60. The predicted molar refractivity (Wildman–Crippen MR) is 118 cm³/mol.